The van der Waals surface area contributed by atoms with Crippen molar-refractivity contribution in [3.8, 4) is 0 Å². The van der Waals surface area contributed by atoms with Gasteiger partial charge in [0.25, 0.3) is 0 Å². The Morgan fingerprint density at radius 2 is 0.769 bits per heavy atom. The lowest BCUT2D eigenvalue weighted by Gasteiger charge is -2.10. The molecule has 0 saturated carbocycles. The Morgan fingerprint density at radius 3 is 0.846 bits per heavy atom. The summed E-state index contributed by atoms with van der Waals surface area (Å²) in [4.78, 5) is 0. The zero-order valence-electron chi connectivity index (χ0n) is 6.86. The third-order valence-corrected chi connectivity index (χ3v) is 0.818. The summed E-state index contributed by atoms with van der Waals surface area (Å²) in [5.41, 5.74) is 0. The second kappa shape index (κ2) is 22.6. The summed E-state index contributed by atoms with van der Waals surface area (Å²) >= 11 is 0. The maximum Gasteiger partial charge on any atom is 0.105 e. The molecule has 0 saturated heterocycles. The van der Waals surface area contributed by atoms with Crippen LogP contribution in [-0.2, 0) is 0 Å². The number of hydrogen-bond acceptors (Lipinski definition) is 4. The van der Waals surface area contributed by atoms with Crippen molar-refractivity contribution >= 4 is 0 Å². The fourth-order valence-electron chi connectivity index (χ4n) is 0.243. The highest BCUT2D eigenvalue weighted by Gasteiger charge is 2.12. The van der Waals surface area contributed by atoms with E-state index in [1.54, 1.807) is 0 Å². The quantitative estimate of drug-likeness (QED) is 0.356. The molecule has 0 amide bonds. The van der Waals surface area contributed by atoms with Gasteiger partial charge in [-0.25, -0.2) is 0 Å². The summed E-state index contributed by atoms with van der Waals surface area (Å²) in [6.45, 7) is -1.05. The standard InChI is InChI=1S/C4H10O4.5H2O/c5-1-3(7)4(8)2-6;;;;;/h3-8H,1-2H2;5*1H2/t3-,4+;;;;;. The Balaban J connectivity index is -0.0000000245. The smallest absolute Gasteiger partial charge is 0.105 e. The summed E-state index contributed by atoms with van der Waals surface area (Å²) in [5.74, 6) is 0. The first kappa shape index (κ1) is 38.8. The fourth-order valence-corrected chi connectivity index (χ4v) is 0.243. The van der Waals surface area contributed by atoms with E-state index < -0.39 is 25.4 Å². The lowest BCUT2D eigenvalue weighted by Crippen LogP contribution is -2.31. The van der Waals surface area contributed by atoms with Crippen molar-refractivity contribution in [3.63, 3.8) is 0 Å². The van der Waals surface area contributed by atoms with Gasteiger partial charge >= 0.3 is 0 Å². The van der Waals surface area contributed by atoms with Crippen LogP contribution in [-0.4, -0.2) is 73.2 Å². The van der Waals surface area contributed by atoms with E-state index in [1.165, 1.54) is 0 Å². The van der Waals surface area contributed by atoms with E-state index in [0.717, 1.165) is 0 Å². The molecular formula is C4H20O9. The molecule has 0 bridgehead atoms. The average molecular weight is 212 g/mol. The van der Waals surface area contributed by atoms with Crippen molar-refractivity contribution in [2.45, 2.75) is 12.2 Å². The van der Waals surface area contributed by atoms with Crippen LogP contribution < -0.4 is 0 Å². The molecule has 0 rings (SSSR count). The maximum atomic E-state index is 8.47. The van der Waals surface area contributed by atoms with Crippen LogP contribution in [0.25, 0.3) is 0 Å². The highest BCUT2D eigenvalue weighted by atomic mass is 16.4. The summed E-state index contributed by atoms with van der Waals surface area (Å²) in [7, 11) is 0. The Hall–Kier alpha value is -0.360. The molecule has 2 atom stereocenters. The van der Waals surface area contributed by atoms with Gasteiger partial charge in [-0.05, 0) is 0 Å². The molecule has 0 radical (unpaired) electrons. The lowest BCUT2D eigenvalue weighted by molar-refractivity contribution is -0.0388. The zero-order chi connectivity index (χ0) is 6.57. The maximum absolute atomic E-state index is 8.47. The largest absolute Gasteiger partial charge is 0.412 e. The molecule has 90 valence electrons. The molecule has 0 heterocycles. The summed E-state index contributed by atoms with van der Waals surface area (Å²) in [6.07, 6.45) is -2.44. The third-order valence-electron chi connectivity index (χ3n) is 0.818. The molecule has 0 spiro atoms. The molecular weight excluding hydrogens is 192 g/mol. The van der Waals surface area contributed by atoms with Crippen molar-refractivity contribution in [1.82, 2.24) is 0 Å². The normalized spacial score (nSPS) is 11.1. The summed E-state index contributed by atoms with van der Waals surface area (Å²) < 4.78 is 0. The van der Waals surface area contributed by atoms with E-state index in [1.807, 2.05) is 0 Å². The van der Waals surface area contributed by atoms with Crippen LogP contribution >= 0.6 is 0 Å². The molecule has 14 N–H and O–H groups in total. The molecule has 9 heteroatoms. The molecule has 0 aromatic rings. The average Bonchev–Trinajstić information content (AvgIpc) is 1.84. The minimum atomic E-state index is -1.22. The first-order valence-electron chi connectivity index (χ1n) is 2.30. The summed E-state index contributed by atoms with van der Waals surface area (Å²) in [5, 5.41) is 33.2. The van der Waals surface area contributed by atoms with Crippen molar-refractivity contribution in [3.05, 3.63) is 0 Å². The van der Waals surface area contributed by atoms with Gasteiger partial charge in [-0.15, -0.1) is 0 Å². The molecule has 0 aliphatic carbocycles. The second-order valence-corrected chi connectivity index (χ2v) is 1.50. The van der Waals surface area contributed by atoms with Gasteiger partial charge in [-0.1, -0.05) is 0 Å². The minimum absolute atomic E-state index is 0. The van der Waals surface area contributed by atoms with Crippen LogP contribution in [0.5, 0.6) is 0 Å². The van der Waals surface area contributed by atoms with Gasteiger partial charge < -0.3 is 47.8 Å². The van der Waals surface area contributed by atoms with Gasteiger partial charge in [-0.2, -0.15) is 0 Å². The Labute approximate surface area is 74.4 Å². The molecule has 9 nitrogen and oxygen atoms in total. The van der Waals surface area contributed by atoms with E-state index in [0.29, 0.717) is 0 Å². The minimum Gasteiger partial charge on any atom is -0.412 e. The van der Waals surface area contributed by atoms with E-state index in [-0.39, 0.29) is 27.4 Å². The van der Waals surface area contributed by atoms with Gasteiger partial charge in [0.2, 0.25) is 0 Å². The van der Waals surface area contributed by atoms with Gasteiger partial charge in [0.1, 0.15) is 12.2 Å². The summed E-state index contributed by atoms with van der Waals surface area (Å²) in [6, 6.07) is 0. The van der Waals surface area contributed by atoms with E-state index in [9.17, 15) is 0 Å². The topological polar surface area (TPSA) is 238 Å². The third kappa shape index (κ3) is 18.5. The van der Waals surface area contributed by atoms with E-state index in [2.05, 4.69) is 0 Å². The Bertz CT molecular complexity index is 51.6. The number of aliphatic hydroxyl groups excluding tert-OH is 4. The predicted molar refractivity (Wildman–Crippen MR) is 44.3 cm³/mol. The Kier molecular flexibility index (Phi) is 67.5. The van der Waals surface area contributed by atoms with Crippen LogP contribution in [0, 0.1) is 0 Å². The highest BCUT2D eigenvalue weighted by Crippen LogP contribution is 1.88. The monoisotopic (exact) mass is 212 g/mol. The van der Waals surface area contributed by atoms with Crippen LogP contribution in [0.15, 0.2) is 0 Å². The van der Waals surface area contributed by atoms with Crippen molar-refractivity contribution in [2.75, 3.05) is 13.2 Å². The predicted octanol–water partition coefficient (Wildman–Crippen LogP) is -6.43. The molecule has 0 aliphatic rings. The molecule has 0 aromatic heterocycles. The van der Waals surface area contributed by atoms with E-state index in [4.69, 9.17) is 20.4 Å². The Morgan fingerprint density at radius 1 is 0.615 bits per heavy atom. The lowest BCUT2D eigenvalue weighted by atomic mass is 10.2. The molecule has 13 heavy (non-hydrogen) atoms. The van der Waals surface area contributed by atoms with Gasteiger partial charge in [0.05, 0.1) is 13.2 Å². The van der Waals surface area contributed by atoms with Gasteiger partial charge in [0.15, 0.2) is 0 Å². The van der Waals surface area contributed by atoms with Crippen molar-refractivity contribution in [1.29, 1.82) is 0 Å². The number of hydrogen-bond donors (Lipinski definition) is 4. The number of rotatable bonds is 3. The van der Waals surface area contributed by atoms with Crippen molar-refractivity contribution in [2.24, 2.45) is 0 Å². The second-order valence-electron chi connectivity index (χ2n) is 1.50. The molecule has 0 fully saturated rings. The van der Waals surface area contributed by atoms with Crippen molar-refractivity contribution < 1.29 is 47.8 Å². The first-order valence-corrected chi connectivity index (χ1v) is 2.30. The highest BCUT2D eigenvalue weighted by molar-refractivity contribution is 4.62. The first-order chi connectivity index (χ1) is 3.72. The van der Waals surface area contributed by atoms with Crippen LogP contribution in [0.1, 0.15) is 0 Å². The zero-order valence-corrected chi connectivity index (χ0v) is 6.86. The molecule has 0 aromatic carbocycles. The fraction of sp³-hybridized carbons (Fsp3) is 1.00. The van der Waals surface area contributed by atoms with Crippen LogP contribution in [0.3, 0.4) is 0 Å². The molecule has 0 unspecified atom stereocenters. The molecule has 0 aliphatic heterocycles. The van der Waals surface area contributed by atoms with E-state index >= 15 is 0 Å². The van der Waals surface area contributed by atoms with Crippen LogP contribution in [0.2, 0.25) is 0 Å². The van der Waals surface area contributed by atoms with Gasteiger partial charge in [-0.3, -0.25) is 0 Å². The number of aliphatic hydroxyl groups is 4. The van der Waals surface area contributed by atoms with Gasteiger partial charge in [0, 0.05) is 0 Å². The SMILES string of the molecule is O.O.O.O.O.OC[C@@H](O)[C@@H](O)CO. The van der Waals surface area contributed by atoms with Crippen LogP contribution in [0.4, 0.5) is 0 Å².